The van der Waals surface area contributed by atoms with Gasteiger partial charge in [-0.05, 0) is 30.3 Å². The van der Waals surface area contributed by atoms with Crippen molar-refractivity contribution in [3.63, 3.8) is 0 Å². The number of aromatic hydroxyl groups is 1. The summed E-state index contributed by atoms with van der Waals surface area (Å²) in [6, 6.07) is 13.2. The van der Waals surface area contributed by atoms with E-state index in [1.807, 2.05) is 42.3 Å². The van der Waals surface area contributed by atoms with E-state index in [0.29, 0.717) is 16.5 Å². The van der Waals surface area contributed by atoms with E-state index >= 15 is 0 Å². The highest BCUT2D eigenvalue weighted by Crippen LogP contribution is 2.43. The summed E-state index contributed by atoms with van der Waals surface area (Å²) in [6.45, 7) is 0. The number of carbonyl (C=O) groups is 1. The fourth-order valence-electron chi connectivity index (χ4n) is 3.84. The fourth-order valence-corrected chi connectivity index (χ4v) is 6.23. The highest BCUT2D eigenvalue weighted by Gasteiger charge is 2.36. The minimum Gasteiger partial charge on any atom is -0.507 e. The first-order chi connectivity index (χ1) is 15.5. The Morgan fingerprint density at radius 2 is 2.00 bits per heavy atom. The lowest BCUT2D eigenvalue weighted by Crippen LogP contribution is -2.48. The second-order valence-corrected chi connectivity index (χ2v) is 10.5. The predicted molar refractivity (Wildman–Crippen MR) is 132 cm³/mol. The summed E-state index contributed by atoms with van der Waals surface area (Å²) in [5.41, 5.74) is 1.53. The van der Waals surface area contributed by atoms with Gasteiger partial charge in [-0.2, -0.15) is 0 Å². The fraction of sp³-hybridized carbons (Fsp3) is 0.174. The number of nitrogens with zero attached hydrogens (tertiary/aromatic N) is 4. The number of benzene rings is 2. The Kier molecular flexibility index (Phi) is 5.88. The second-order valence-electron chi connectivity index (χ2n) is 7.39. The molecule has 1 aliphatic heterocycles. The number of fused-ring (bicyclic) bond motifs is 2. The first-order valence-electron chi connectivity index (χ1n) is 9.97. The van der Waals surface area contributed by atoms with Crippen LogP contribution in [-0.2, 0) is 11.8 Å². The van der Waals surface area contributed by atoms with E-state index in [2.05, 4.69) is 44.3 Å². The van der Waals surface area contributed by atoms with Crippen LogP contribution in [-0.4, -0.2) is 42.8 Å². The van der Waals surface area contributed by atoms with Gasteiger partial charge < -0.3 is 14.6 Å². The predicted octanol–water partition coefficient (Wildman–Crippen LogP) is 5.04. The van der Waals surface area contributed by atoms with Crippen molar-refractivity contribution in [2.24, 2.45) is 7.05 Å². The third kappa shape index (κ3) is 3.89. The van der Waals surface area contributed by atoms with Gasteiger partial charge in [-0.15, -0.1) is 22.0 Å². The summed E-state index contributed by atoms with van der Waals surface area (Å²) >= 11 is 6.56. The second kappa shape index (κ2) is 8.80. The van der Waals surface area contributed by atoms with Crippen molar-refractivity contribution < 1.29 is 9.90 Å². The van der Waals surface area contributed by atoms with Crippen LogP contribution in [0.25, 0.3) is 11.4 Å². The van der Waals surface area contributed by atoms with Crippen LogP contribution in [0.4, 0.5) is 5.69 Å². The summed E-state index contributed by atoms with van der Waals surface area (Å²) in [5.74, 6) is 0.921. The average Bonchev–Trinajstić information content (AvgIpc) is 3.17. The molecule has 2 atom stereocenters. The molecule has 0 unspecified atom stereocenters. The number of phenols is 1. The van der Waals surface area contributed by atoms with Gasteiger partial charge in [0.05, 0.1) is 28.3 Å². The molecular weight excluding hydrogens is 508 g/mol. The van der Waals surface area contributed by atoms with Crippen LogP contribution in [0.5, 0.6) is 5.75 Å². The minimum atomic E-state index is -0.0123. The van der Waals surface area contributed by atoms with Crippen LogP contribution in [0.3, 0.4) is 0 Å². The van der Waals surface area contributed by atoms with Gasteiger partial charge in [0, 0.05) is 16.4 Å². The number of amides is 1. The Hall–Kier alpha value is -2.49. The van der Waals surface area contributed by atoms with Crippen molar-refractivity contribution in [2.45, 2.75) is 21.3 Å². The van der Waals surface area contributed by atoms with E-state index in [4.69, 9.17) is 0 Å². The maximum Gasteiger partial charge on any atom is 0.238 e. The summed E-state index contributed by atoms with van der Waals surface area (Å²) in [7, 11) is 1.83. The Bertz CT molecular complexity index is 1260. The first kappa shape index (κ1) is 21.4. The van der Waals surface area contributed by atoms with Crippen molar-refractivity contribution in [3.8, 4) is 17.1 Å². The molecule has 0 bridgehead atoms. The van der Waals surface area contributed by atoms with Gasteiger partial charge in [-0.25, -0.2) is 0 Å². The Balaban J connectivity index is 1.38. The van der Waals surface area contributed by atoms with Crippen molar-refractivity contribution in [3.05, 3.63) is 71.2 Å². The molecule has 0 saturated heterocycles. The van der Waals surface area contributed by atoms with E-state index < -0.39 is 0 Å². The molecule has 1 aromatic heterocycles. The summed E-state index contributed by atoms with van der Waals surface area (Å²) in [6.07, 6.45) is 8.28. The van der Waals surface area contributed by atoms with Crippen molar-refractivity contribution in [1.82, 2.24) is 14.8 Å². The first-order valence-corrected chi connectivity index (χ1v) is 12.6. The Morgan fingerprint density at radius 1 is 1.19 bits per heavy atom. The lowest BCUT2D eigenvalue weighted by molar-refractivity contribution is -0.116. The van der Waals surface area contributed by atoms with Gasteiger partial charge in [-0.3, -0.25) is 4.79 Å². The maximum atomic E-state index is 13.4. The number of hydrogen-bond donors (Lipinski definition) is 1. The molecular formula is C23H19BrN4O2S2. The molecule has 0 spiro atoms. The SMILES string of the molecule is Cn1c(SCC(=O)N2c3ccccc3S[C@@H]3C=CC=C[C@@H]32)nnc1-c1cc(Br)ccc1O. The van der Waals surface area contributed by atoms with Crippen LogP contribution >= 0.6 is 39.5 Å². The minimum absolute atomic E-state index is 0.0123. The number of para-hydroxylation sites is 1. The standard InChI is InChI=1S/C23H19BrN4O2S2/c1-27-22(15-12-14(24)10-11-18(15)29)25-26-23(27)31-13-21(30)28-16-6-2-4-8-19(16)32-20-9-5-3-7-17(20)28/h2-12,16,19,29H,13H2,1H3/t16-,19+/m0/s1. The van der Waals surface area contributed by atoms with Crippen molar-refractivity contribution >= 4 is 51.0 Å². The highest BCUT2D eigenvalue weighted by molar-refractivity contribution is 9.10. The highest BCUT2D eigenvalue weighted by atomic mass is 79.9. The molecule has 3 aromatic rings. The molecule has 9 heteroatoms. The molecule has 0 fully saturated rings. The number of aromatic nitrogens is 3. The summed E-state index contributed by atoms with van der Waals surface area (Å²) < 4.78 is 2.63. The zero-order valence-corrected chi connectivity index (χ0v) is 20.3. The van der Waals surface area contributed by atoms with E-state index in [1.165, 1.54) is 11.8 Å². The van der Waals surface area contributed by atoms with Gasteiger partial charge in [-0.1, -0.05) is 64.1 Å². The Morgan fingerprint density at radius 3 is 2.88 bits per heavy atom. The molecule has 1 aliphatic carbocycles. The van der Waals surface area contributed by atoms with Crippen LogP contribution in [0.1, 0.15) is 0 Å². The molecule has 6 nitrogen and oxygen atoms in total. The van der Waals surface area contributed by atoms with E-state index in [0.717, 1.165) is 15.1 Å². The molecule has 32 heavy (non-hydrogen) atoms. The zero-order valence-electron chi connectivity index (χ0n) is 17.1. The largest absolute Gasteiger partial charge is 0.507 e. The molecule has 1 amide bonds. The zero-order chi connectivity index (χ0) is 22.2. The van der Waals surface area contributed by atoms with Crippen LogP contribution < -0.4 is 4.90 Å². The van der Waals surface area contributed by atoms with Gasteiger partial charge in [0.1, 0.15) is 5.75 Å². The Labute approximate surface area is 202 Å². The lowest BCUT2D eigenvalue weighted by atomic mass is 10.0. The lowest BCUT2D eigenvalue weighted by Gasteiger charge is -2.40. The van der Waals surface area contributed by atoms with Crippen molar-refractivity contribution in [1.29, 1.82) is 0 Å². The van der Waals surface area contributed by atoms with Gasteiger partial charge in [0.2, 0.25) is 5.91 Å². The monoisotopic (exact) mass is 526 g/mol. The van der Waals surface area contributed by atoms with E-state index in [1.54, 1.807) is 34.5 Å². The molecule has 2 aliphatic rings. The number of thioether (sulfide) groups is 2. The number of halogens is 1. The number of phenolic OH excluding ortho intramolecular Hbond substituents is 1. The molecule has 1 N–H and O–H groups in total. The van der Waals surface area contributed by atoms with Crippen LogP contribution in [0, 0.1) is 0 Å². The van der Waals surface area contributed by atoms with Gasteiger partial charge in [0.15, 0.2) is 11.0 Å². The number of anilines is 1. The molecule has 162 valence electrons. The van der Waals surface area contributed by atoms with E-state index in [-0.39, 0.29) is 28.7 Å². The van der Waals surface area contributed by atoms with Gasteiger partial charge >= 0.3 is 0 Å². The van der Waals surface area contributed by atoms with Crippen LogP contribution in [0.2, 0.25) is 0 Å². The number of rotatable bonds is 4. The normalized spacial score (nSPS) is 19.0. The van der Waals surface area contributed by atoms with Crippen molar-refractivity contribution in [2.75, 3.05) is 10.7 Å². The average molecular weight is 527 g/mol. The number of carbonyl (C=O) groups excluding carboxylic acids is 1. The molecule has 5 rings (SSSR count). The molecule has 2 aromatic carbocycles. The third-order valence-electron chi connectivity index (χ3n) is 5.37. The smallest absolute Gasteiger partial charge is 0.238 e. The summed E-state index contributed by atoms with van der Waals surface area (Å²) in [5, 5.41) is 19.5. The van der Waals surface area contributed by atoms with Gasteiger partial charge in [0.25, 0.3) is 0 Å². The molecule has 0 radical (unpaired) electrons. The summed E-state index contributed by atoms with van der Waals surface area (Å²) in [4.78, 5) is 16.4. The van der Waals surface area contributed by atoms with Crippen LogP contribution in [0.15, 0.2) is 81.3 Å². The molecule has 2 heterocycles. The molecule has 0 saturated carbocycles. The topological polar surface area (TPSA) is 71.2 Å². The number of allylic oxidation sites excluding steroid dienone is 2. The number of hydrogen-bond acceptors (Lipinski definition) is 6. The maximum absolute atomic E-state index is 13.4. The third-order valence-corrected chi connectivity index (χ3v) is 8.18. The van der Waals surface area contributed by atoms with E-state index in [9.17, 15) is 9.90 Å². The quantitative estimate of drug-likeness (QED) is 0.480.